The Morgan fingerprint density at radius 3 is 2.88 bits per heavy atom. The Balaban J connectivity index is 1.76. The molecule has 94 valence electrons. The van der Waals surface area contributed by atoms with E-state index in [4.69, 9.17) is 0 Å². The first-order valence-electron chi connectivity index (χ1n) is 6.56. The van der Waals surface area contributed by atoms with E-state index in [9.17, 15) is 0 Å². The lowest BCUT2D eigenvalue weighted by Crippen LogP contribution is -2.25. The van der Waals surface area contributed by atoms with E-state index < -0.39 is 0 Å². The van der Waals surface area contributed by atoms with Crippen molar-refractivity contribution in [2.45, 2.75) is 40.2 Å². The van der Waals surface area contributed by atoms with Crippen molar-refractivity contribution in [3.05, 3.63) is 33.5 Å². The van der Waals surface area contributed by atoms with Gasteiger partial charge in [0, 0.05) is 11.4 Å². The van der Waals surface area contributed by atoms with Crippen LogP contribution in [0.15, 0.2) is 23.1 Å². The second-order valence-corrected chi connectivity index (χ2v) is 6.45. The first-order valence-corrected chi connectivity index (χ1v) is 7.44. The molecule has 1 aliphatic carbocycles. The number of aryl methyl sites for hydroxylation is 1. The second kappa shape index (κ2) is 5.83. The average molecular weight is 249 g/mol. The summed E-state index contributed by atoms with van der Waals surface area (Å²) >= 11 is 1.86. The van der Waals surface area contributed by atoms with E-state index in [0.29, 0.717) is 0 Å². The summed E-state index contributed by atoms with van der Waals surface area (Å²) in [6.45, 7) is 9.00. The van der Waals surface area contributed by atoms with Crippen LogP contribution >= 0.6 is 11.3 Å². The number of nitrogens with one attached hydrogen (secondary N) is 1. The van der Waals surface area contributed by atoms with Crippen LogP contribution in [0.4, 0.5) is 0 Å². The Kier molecular flexibility index (Phi) is 4.41. The number of rotatable bonds is 4. The highest BCUT2D eigenvalue weighted by Gasteiger charge is 2.17. The lowest BCUT2D eigenvalue weighted by atomic mass is 9.84. The third kappa shape index (κ3) is 3.68. The standard InChI is InChI=1S/C15H23NS/c1-11-6-12(2)8-14(7-11)9-16-10-15-13(3)4-5-17-15/h4-6,11,14,16H,7-10H2,1-3H3. The summed E-state index contributed by atoms with van der Waals surface area (Å²) in [4.78, 5) is 1.49. The van der Waals surface area contributed by atoms with Gasteiger partial charge in [0.25, 0.3) is 0 Å². The molecule has 1 heterocycles. The molecule has 1 aromatic heterocycles. The molecule has 2 atom stereocenters. The van der Waals surface area contributed by atoms with Crippen molar-refractivity contribution in [2.24, 2.45) is 11.8 Å². The van der Waals surface area contributed by atoms with Gasteiger partial charge in [0.2, 0.25) is 0 Å². The summed E-state index contributed by atoms with van der Waals surface area (Å²) < 4.78 is 0. The Labute approximate surface area is 109 Å². The number of thiophene rings is 1. The Morgan fingerprint density at radius 1 is 1.41 bits per heavy atom. The number of allylic oxidation sites excluding steroid dienone is 2. The van der Waals surface area contributed by atoms with E-state index in [0.717, 1.165) is 24.9 Å². The average Bonchev–Trinajstić information content (AvgIpc) is 2.63. The summed E-state index contributed by atoms with van der Waals surface area (Å²) in [7, 11) is 0. The molecule has 17 heavy (non-hydrogen) atoms. The van der Waals surface area contributed by atoms with Gasteiger partial charge >= 0.3 is 0 Å². The Hall–Kier alpha value is -0.600. The molecule has 2 heteroatoms. The molecule has 1 aromatic rings. The molecule has 0 aromatic carbocycles. The van der Waals surface area contributed by atoms with Crippen LogP contribution in [-0.2, 0) is 6.54 Å². The molecule has 0 radical (unpaired) electrons. The molecule has 0 fully saturated rings. The van der Waals surface area contributed by atoms with Crippen LogP contribution in [0.25, 0.3) is 0 Å². The van der Waals surface area contributed by atoms with Crippen LogP contribution < -0.4 is 5.32 Å². The number of hydrogen-bond acceptors (Lipinski definition) is 2. The highest BCUT2D eigenvalue weighted by atomic mass is 32.1. The molecule has 0 saturated carbocycles. The summed E-state index contributed by atoms with van der Waals surface area (Å²) in [5.41, 5.74) is 3.00. The van der Waals surface area contributed by atoms with E-state index in [-0.39, 0.29) is 0 Å². The maximum absolute atomic E-state index is 3.62. The van der Waals surface area contributed by atoms with E-state index in [1.165, 1.54) is 23.3 Å². The quantitative estimate of drug-likeness (QED) is 0.791. The minimum Gasteiger partial charge on any atom is -0.312 e. The Bertz CT molecular complexity index is 391. The van der Waals surface area contributed by atoms with Gasteiger partial charge in [-0.05, 0) is 62.1 Å². The van der Waals surface area contributed by atoms with Crippen LogP contribution in [0.1, 0.15) is 37.1 Å². The molecule has 0 spiro atoms. The van der Waals surface area contributed by atoms with Gasteiger partial charge in [-0.15, -0.1) is 11.3 Å². The van der Waals surface area contributed by atoms with Gasteiger partial charge in [-0.25, -0.2) is 0 Å². The van der Waals surface area contributed by atoms with Crippen molar-refractivity contribution >= 4 is 11.3 Å². The molecule has 2 unspecified atom stereocenters. The van der Waals surface area contributed by atoms with E-state index in [1.807, 2.05) is 11.3 Å². The zero-order chi connectivity index (χ0) is 12.3. The largest absolute Gasteiger partial charge is 0.312 e. The SMILES string of the molecule is CC1=CC(C)CC(CNCc2sccc2C)C1. The van der Waals surface area contributed by atoms with Crippen molar-refractivity contribution in [3.8, 4) is 0 Å². The van der Waals surface area contributed by atoms with Crippen LogP contribution in [0, 0.1) is 18.8 Å². The number of hydrogen-bond donors (Lipinski definition) is 1. The maximum Gasteiger partial charge on any atom is 0.0302 e. The summed E-state index contributed by atoms with van der Waals surface area (Å²) in [5, 5.41) is 5.81. The predicted molar refractivity (Wildman–Crippen MR) is 76.4 cm³/mol. The second-order valence-electron chi connectivity index (χ2n) is 5.45. The molecule has 0 aliphatic heterocycles. The van der Waals surface area contributed by atoms with Gasteiger partial charge in [-0.2, -0.15) is 0 Å². The first kappa shape index (κ1) is 12.8. The molecule has 0 bridgehead atoms. The van der Waals surface area contributed by atoms with Gasteiger partial charge < -0.3 is 5.32 Å². The van der Waals surface area contributed by atoms with Gasteiger partial charge in [0.1, 0.15) is 0 Å². The van der Waals surface area contributed by atoms with Crippen LogP contribution in [0.2, 0.25) is 0 Å². The first-order chi connectivity index (χ1) is 8.15. The minimum absolute atomic E-state index is 0.763. The zero-order valence-electron chi connectivity index (χ0n) is 11.1. The molecule has 0 amide bonds. The van der Waals surface area contributed by atoms with Crippen molar-refractivity contribution in [3.63, 3.8) is 0 Å². The summed E-state index contributed by atoms with van der Waals surface area (Å²) in [6, 6.07) is 2.21. The zero-order valence-corrected chi connectivity index (χ0v) is 11.9. The topological polar surface area (TPSA) is 12.0 Å². The summed E-state index contributed by atoms with van der Waals surface area (Å²) in [6.07, 6.45) is 5.05. The van der Waals surface area contributed by atoms with E-state index in [1.54, 1.807) is 5.57 Å². The third-order valence-electron chi connectivity index (χ3n) is 3.57. The molecule has 1 N–H and O–H groups in total. The fraction of sp³-hybridized carbons (Fsp3) is 0.600. The van der Waals surface area contributed by atoms with E-state index >= 15 is 0 Å². The van der Waals surface area contributed by atoms with Crippen molar-refractivity contribution in [1.29, 1.82) is 0 Å². The molecular formula is C15H23NS. The highest BCUT2D eigenvalue weighted by Crippen LogP contribution is 2.27. The van der Waals surface area contributed by atoms with Gasteiger partial charge in [-0.1, -0.05) is 18.6 Å². The normalized spacial score (nSPS) is 24.8. The highest BCUT2D eigenvalue weighted by molar-refractivity contribution is 7.10. The third-order valence-corrected chi connectivity index (χ3v) is 4.59. The van der Waals surface area contributed by atoms with Gasteiger partial charge in [0.15, 0.2) is 0 Å². The van der Waals surface area contributed by atoms with Crippen molar-refractivity contribution in [1.82, 2.24) is 5.32 Å². The van der Waals surface area contributed by atoms with Crippen LogP contribution in [0.3, 0.4) is 0 Å². The molecular weight excluding hydrogens is 226 g/mol. The lowest BCUT2D eigenvalue weighted by molar-refractivity contribution is 0.381. The van der Waals surface area contributed by atoms with Gasteiger partial charge in [-0.3, -0.25) is 0 Å². The minimum atomic E-state index is 0.763. The smallest absolute Gasteiger partial charge is 0.0302 e. The van der Waals surface area contributed by atoms with Crippen LogP contribution in [0.5, 0.6) is 0 Å². The molecule has 2 rings (SSSR count). The van der Waals surface area contributed by atoms with E-state index in [2.05, 4.69) is 43.6 Å². The molecule has 1 aliphatic rings. The van der Waals surface area contributed by atoms with Crippen molar-refractivity contribution in [2.75, 3.05) is 6.54 Å². The monoisotopic (exact) mass is 249 g/mol. The lowest BCUT2D eigenvalue weighted by Gasteiger charge is -2.25. The molecule has 0 saturated heterocycles. The predicted octanol–water partition coefficient (Wildman–Crippen LogP) is 4.14. The molecule has 1 nitrogen and oxygen atoms in total. The fourth-order valence-corrected chi connectivity index (χ4v) is 3.69. The summed E-state index contributed by atoms with van der Waals surface area (Å²) in [5.74, 6) is 1.59. The van der Waals surface area contributed by atoms with Crippen LogP contribution in [-0.4, -0.2) is 6.54 Å². The fourth-order valence-electron chi connectivity index (χ4n) is 2.82. The van der Waals surface area contributed by atoms with Gasteiger partial charge in [0.05, 0.1) is 0 Å². The van der Waals surface area contributed by atoms with Crippen molar-refractivity contribution < 1.29 is 0 Å². The Morgan fingerprint density at radius 2 is 2.24 bits per heavy atom. The maximum atomic E-state index is 3.62.